The molecule has 0 unspecified atom stereocenters. The first-order valence-corrected chi connectivity index (χ1v) is 7.35. The monoisotopic (exact) mass is 421 g/mol. The summed E-state index contributed by atoms with van der Waals surface area (Å²) in [6, 6.07) is 7.95. The molecular formula is C16H28IN3O2. The van der Waals surface area contributed by atoms with Crippen LogP contribution in [-0.2, 0) is 11.3 Å². The average Bonchev–Trinajstić information content (AvgIpc) is 2.50. The number of hydrogen-bond acceptors (Lipinski definition) is 3. The fourth-order valence-electron chi connectivity index (χ4n) is 1.85. The van der Waals surface area contributed by atoms with Crippen molar-refractivity contribution in [1.82, 2.24) is 10.6 Å². The van der Waals surface area contributed by atoms with Crippen LogP contribution >= 0.6 is 24.0 Å². The highest BCUT2D eigenvalue weighted by molar-refractivity contribution is 14.0. The van der Waals surface area contributed by atoms with Crippen molar-refractivity contribution < 1.29 is 9.47 Å². The summed E-state index contributed by atoms with van der Waals surface area (Å²) in [4.78, 5) is 4.20. The molecule has 0 spiro atoms. The first kappa shape index (κ1) is 21.0. The molecule has 6 heteroatoms. The minimum Gasteiger partial charge on any atom is -0.496 e. The molecule has 0 saturated carbocycles. The molecule has 0 amide bonds. The molecule has 22 heavy (non-hydrogen) atoms. The molecule has 0 bridgehead atoms. The Balaban J connectivity index is 0.00000441. The third-order valence-electron chi connectivity index (χ3n) is 2.93. The molecule has 0 aliphatic heterocycles. The van der Waals surface area contributed by atoms with E-state index in [0.717, 1.165) is 36.8 Å². The lowest BCUT2D eigenvalue weighted by Gasteiger charge is -2.14. The van der Waals surface area contributed by atoms with E-state index in [4.69, 9.17) is 9.47 Å². The van der Waals surface area contributed by atoms with Gasteiger partial charge in [-0.15, -0.1) is 24.0 Å². The smallest absolute Gasteiger partial charge is 0.191 e. The number of hydrogen-bond donors (Lipinski definition) is 2. The van der Waals surface area contributed by atoms with Gasteiger partial charge in [-0.25, -0.2) is 0 Å². The quantitative estimate of drug-likeness (QED) is 0.294. The minimum absolute atomic E-state index is 0. The number of nitrogens with zero attached hydrogens (tertiary/aromatic N) is 1. The van der Waals surface area contributed by atoms with Gasteiger partial charge in [-0.1, -0.05) is 18.2 Å². The Labute approximate surface area is 150 Å². The van der Waals surface area contributed by atoms with E-state index < -0.39 is 0 Å². The van der Waals surface area contributed by atoms with Gasteiger partial charge < -0.3 is 20.1 Å². The van der Waals surface area contributed by atoms with Crippen LogP contribution in [0, 0.1) is 0 Å². The summed E-state index contributed by atoms with van der Waals surface area (Å²) in [7, 11) is 3.45. The number of benzene rings is 1. The molecule has 0 aliphatic carbocycles. The summed E-state index contributed by atoms with van der Waals surface area (Å²) in [5, 5.41) is 6.55. The van der Waals surface area contributed by atoms with Gasteiger partial charge in [0, 0.05) is 32.3 Å². The Hall–Kier alpha value is -1.02. The van der Waals surface area contributed by atoms with E-state index in [1.807, 2.05) is 38.1 Å². The van der Waals surface area contributed by atoms with Gasteiger partial charge in [-0.3, -0.25) is 4.99 Å². The summed E-state index contributed by atoms with van der Waals surface area (Å²) in [5.41, 5.74) is 1.10. The number of methoxy groups -OCH3 is 1. The van der Waals surface area contributed by atoms with Gasteiger partial charge in [0.2, 0.25) is 0 Å². The molecule has 2 N–H and O–H groups in total. The molecule has 0 aromatic heterocycles. The molecule has 0 atom stereocenters. The van der Waals surface area contributed by atoms with Gasteiger partial charge in [-0.2, -0.15) is 0 Å². The number of aliphatic imine (C=N–C) groups is 1. The van der Waals surface area contributed by atoms with Crippen LogP contribution in [0.4, 0.5) is 0 Å². The van der Waals surface area contributed by atoms with Crippen LogP contribution in [0.25, 0.3) is 0 Å². The predicted octanol–water partition coefficient (Wildman–Crippen LogP) is 2.79. The molecule has 0 radical (unpaired) electrons. The van der Waals surface area contributed by atoms with E-state index in [9.17, 15) is 0 Å². The van der Waals surface area contributed by atoms with E-state index in [0.29, 0.717) is 6.54 Å². The fourth-order valence-corrected chi connectivity index (χ4v) is 1.85. The number of guanidine groups is 1. The number of nitrogens with one attached hydrogen (secondary N) is 2. The Morgan fingerprint density at radius 3 is 2.59 bits per heavy atom. The lowest BCUT2D eigenvalue weighted by Crippen LogP contribution is -2.37. The minimum atomic E-state index is 0. The van der Waals surface area contributed by atoms with Gasteiger partial charge in [0.05, 0.1) is 13.2 Å². The standard InChI is InChI=1S/C16H27N3O2.HI/c1-13(2)21-11-7-10-18-16(17-3)19-12-14-8-5-6-9-15(14)20-4;/h5-6,8-9,13H,7,10-12H2,1-4H3,(H2,17,18,19);1H. The normalized spacial score (nSPS) is 11.0. The van der Waals surface area contributed by atoms with Crippen LogP contribution in [0.5, 0.6) is 5.75 Å². The second kappa shape index (κ2) is 12.5. The molecule has 5 nitrogen and oxygen atoms in total. The van der Waals surface area contributed by atoms with Crippen LogP contribution in [0.15, 0.2) is 29.3 Å². The molecule has 1 aromatic carbocycles. The average molecular weight is 421 g/mol. The van der Waals surface area contributed by atoms with Crippen molar-refractivity contribution in [2.75, 3.05) is 27.3 Å². The lowest BCUT2D eigenvalue weighted by molar-refractivity contribution is 0.0776. The van der Waals surface area contributed by atoms with Crippen molar-refractivity contribution in [3.05, 3.63) is 29.8 Å². The largest absolute Gasteiger partial charge is 0.496 e. The first-order chi connectivity index (χ1) is 10.2. The number of ether oxygens (including phenoxy) is 2. The molecule has 0 aliphatic rings. The Kier molecular flexibility index (Phi) is 11.9. The number of halogens is 1. The second-order valence-electron chi connectivity index (χ2n) is 4.94. The number of para-hydroxylation sites is 1. The molecule has 0 heterocycles. The highest BCUT2D eigenvalue weighted by Gasteiger charge is 2.03. The Morgan fingerprint density at radius 2 is 1.95 bits per heavy atom. The van der Waals surface area contributed by atoms with Crippen molar-refractivity contribution >= 4 is 29.9 Å². The zero-order valence-electron chi connectivity index (χ0n) is 13.9. The van der Waals surface area contributed by atoms with Crippen molar-refractivity contribution in [3.8, 4) is 5.75 Å². The van der Waals surface area contributed by atoms with E-state index in [2.05, 4.69) is 15.6 Å². The molecule has 0 fully saturated rings. The summed E-state index contributed by atoms with van der Waals surface area (Å²) in [6.07, 6.45) is 1.24. The van der Waals surface area contributed by atoms with Gasteiger partial charge >= 0.3 is 0 Å². The van der Waals surface area contributed by atoms with E-state index in [1.54, 1.807) is 14.2 Å². The summed E-state index contributed by atoms with van der Waals surface area (Å²) in [6.45, 7) is 6.35. The highest BCUT2D eigenvalue weighted by atomic mass is 127. The van der Waals surface area contributed by atoms with E-state index in [1.165, 1.54) is 0 Å². The van der Waals surface area contributed by atoms with Gasteiger partial charge in [0.25, 0.3) is 0 Å². The molecule has 0 saturated heterocycles. The van der Waals surface area contributed by atoms with Crippen LogP contribution in [-0.4, -0.2) is 39.4 Å². The molecule has 1 rings (SSSR count). The fraction of sp³-hybridized carbons (Fsp3) is 0.562. The third-order valence-corrected chi connectivity index (χ3v) is 2.93. The second-order valence-corrected chi connectivity index (χ2v) is 4.94. The third kappa shape index (κ3) is 8.43. The van der Waals surface area contributed by atoms with Crippen LogP contribution in [0.3, 0.4) is 0 Å². The molecular weight excluding hydrogens is 393 g/mol. The van der Waals surface area contributed by atoms with Crippen LogP contribution < -0.4 is 15.4 Å². The van der Waals surface area contributed by atoms with Crippen LogP contribution in [0.2, 0.25) is 0 Å². The summed E-state index contributed by atoms with van der Waals surface area (Å²) in [5.74, 6) is 1.66. The molecule has 1 aromatic rings. The van der Waals surface area contributed by atoms with Crippen molar-refractivity contribution in [1.29, 1.82) is 0 Å². The molecule has 126 valence electrons. The maximum Gasteiger partial charge on any atom is 0.191 e. The summed E-state index contributed by atoms with van der Waals surface area (Å²) >= 11 is 0. The van der Waals surface area contributed by atoms with Gasteiger partial charge in [0.1, 0.15) is 5.75 Å². The maximum atomic E-state index is 5.50. The summed E-state index contributed by atoms with van der Waals surface area (Å²) < 4.78 is 10.8. The van der Waals surface area contributed by atoms with Gasteiger partial charge in [0.15, 0.2) is 5.96 Å². The van der Waals surface area contributed by atoms with Gasteiger partial charge in [-0.05, 0) is 26.3 Å². The van der Waals surface area contributed by atoms with Crippen molar-refractivity contribution in [2.45, 2.75) is 32.9 Å². The SMILES string of the molecule is CN=C(NCCCOC(C)C)NCc1ccccc1OC.I. The first-order valence-electron chi connectivity index (χ1n) is 7.35. The predicted molar refractivity (Wildman–Crippen MR) is 102 cm³/mol. The lowest BCUT2D eigenvalue weighted by atomic mass is 10.2. The van der Waals surface area contributed by atoms with Crippen molar-refractivity contribution in [3.63, 3.8) is 0 Å². The maximum absolute atomic E-state index is 5.50. The number of rotatable bonds is 8. The zero-order chi connectivity index (χ0) is 15.5. The van der Waals surface area contributed by atoms with Crippen molar-refractivity contribution in [2.24, 2.45) is 4.99 Å². The Morgan fingerprint density at radius 1 is 1.23 bits per heavy atom. The van der Waals surface area contributed by atoms with E-state index in [-0.39, 0.29) is 30.1 Å². The van der Waals surface area contributed by atoms with E-state index >= 15 is 0 Å². The highest BCUT2D eigenvalue weighted by Crippen LogP contribution is 2.16. The Bertz CT molecular complexity index is 439. The topological polar surface area (TPSA) is 54.9 Å². The van der Waals surface area contributed by atoms with Crippen LogP contribution in [0.1, 0.15) is 25.8 Å². The zero-order valence-corrected chi connectivity index (χ0v) is 16.2.